The van der Waals surface area contributed by atoms with E-state index in [1.165, 1.54) is 44.5 Å². The van der Waals surface area contributed by atoms with Crippen LogP contribution in [0.4, 0.5) is 21.0 Å². The van der Waals surface area contributed by atoms with Gasteiger partial charge in [0.2, 0.25) is 46.4 Å². The molecular weight excluding hydrogens is 1580 g/mol. The highest BCUT2D eigenvalue weighted by Gasteiger charge is 2.45. The van der Waals surface area contributed by atoms with Crippen LogP contribution in [0.3, 0.4) is 0 Å². The van der Waals surface area contributed by atoms with E-state index in [2.05, 4.69) is 47.2 Å². The zero-order valence-corrected chi connectivity index (χ0v) is 72.3. The van der Waals surface area contributed by atoms with Crippen molar-refractivity contribution in [3.05, 3.63) is 106 Å². The smallest absolute Gasteiger partial charge is 0.410 e. The summed E-state index contributed by atoms with van der Waals surface area (Å²) < 4.78 is 66.4. The molecule has 39 nitrogen and oxygen atoms in total. The van der Waals surface area contributed by atoms with Gasteiger partial charge in [0.15, 0.2) is 9.84 Å². The molecule has 118 heavy (non-hydrogen) atoms. The van der Waals surface area contributed by atoms with E-state index < -0.39 is 197 Å². The summed E-state index contributed by atoms with van der Waals surface area (Å²) in [5.74, 6) is -7.46. The maximum Gasteiger partial charge on any atom is 0.410 e. The number of nitrogens with zero attached hydrogens (tertiary/aromatic N) is 10. The van der Waals surface area contributed by atoms with Crippen LogP contribution in [0.2, 0.25) is 0 Å². The number of anilines is 1. The summed E-state index contributed by atoms with van der Waals surface area (Å²) in [5.41, 5.74) is 5.16. The van der Waals surface area contributed by atoms with Crippen LogP contribution in [0.5, 0.6) is 0 Å². The number of phosphoric ester groups is 1. The molecule has 1 aliphatic rings. The summed E-state index contributed by atoms with van der Waals surface area (Å²) in [7, 11) is 2.23. The van der Waals surface area contributed by atoms with Gasteiger partial charge in [0.05, 0.1) is 99.8 Å². The van der Waals surface area contributed by atoms with E-state index in [9.17, 15) is 81.0 Å². The number of quaternary nitrogens is 1. The minimum Gasteiger partial charge on any atom is -0.756 e. The molecule has 41 heteroatoms. The zero-order valence-electron chi connectivity index (χ0n) is 70.6. The molecule has 1 unspecified atom stereocenters. The molecule has 1 saturated heterocycles. The number of aromatic nitrogens is 4. The molecule has 0 aliphatic carbocycles. The number of benzene rings is 2. The number of hydrogen-bond donors (Lipinski definition) is 8. The lowest BCUT2D eigenvalue weighted by atomic mass is 9.89. The third kappa shape index (κ3) is 29.7. The maximum atomic E-state index is 14.9. The topological polar surface area (TPSA) is 509 Å². The molecule has 2 aromatic carbocycles. The normalized spacial score (nSPS) is 16.4. The van der Waals surface area contributed by atoms with Crippen molar-refractivity contribution in [1.29, 1.82) is 0 Å². The van der Waals surface area contributed by atoms with Crippen LogP contribution in [-0.4, -0.2) is 271 Å². The van der Waals surface area contributed by atoms with Gasteiger partial charge in [-0.2, -0.15) is 0 Å². The van der Waals surface area contributed by atoms with Crippen LogP contribution in [0, 0.1) is 39.7 Å². The molecule has 5 rings (SSSR count). The summed E-state index contributed by atoms with van der Waals surface area (Å²) in [6.07, 6.45) is 1.16. The van der Waals surface area contributed by atoms with Crippen LogP contribution in [0.15, 0.2) is 78.1 Å². The predicted molar refractivity (Wildman–Crippen MR) is 430 cm³/mol. The standard InChI is InChI=1S/C77H120N17O22PS/c1-19-49(8)66(60(112-16)40-62(96)92-34-24-28-58(92)68(113-17)50(9)69(98)81-51(10)67(97)53-25-21-20-22-26-53)88(11)75(103)64(47(4)5)85-72(101)65(48(6)7)89(12)77(105)114-45-52-29-31-55(32-30-52)82-70(99)57(27-23-33-79-76(78)104)83-71(100)63(46(2)3)84-61(95)44-91-43-56(86-87-91)42-90(35-37-115-117(108,109)116-38-36-94(13,14)15)74(102)54-39-59(93(106)107)73(80-41-54)118(18,110)111/h20-22,25-26,29-32,39,41,43,46-51,57-58,60,63-68,97H,19,23-24,27-28,33-38,40,42,44-45H2,1-18H3,(H8-,78,79,81,82,83,84,85,95,98,99,100,101,104,108,109)/t49-,50+,51+,57-,58-,60+,63-,64-,65-,66-,67+,68+/m0/s1. The lowest BCUT2D eigenvalue weighted by Crippen LogP contribution is -2.60. The van der Waals surface area contributed by atoms with Crippen molar-refractivity contribution in [2.24, 2.45) is 35.3 Å². The van der Waals surface area contributed by atoms with Gasteiger partial charge in [-0.15, -0.1) is 5.10 Å². The Labute approximate surface area is 689 Å². The summed E-state index contributed by atoms with van der Waals surface area (Å²) in [4.78, 5) is 172. The van der Waals surface area contributed by atoms with Crippen molar-refractivity contribution in [3.8, 4) is 0 Å². The van der Waals surface area contributed by atoms with E-state index in [4.69, 9.17) is 29.0 Å². The summed E-state index contributed by atoms with van der Waals surface area (Å²) >= 11 is 0. The van der Waals surface area contributed by atoms with Gasteiger partial charge in [0.25, 0.3) is 13.7 Å². The molecule has 2 aromatic heterocycles. The number of rotatable bonds is 47. The molecule has 656 valence electrons. The number of phosphoric acid groups is 1. The Kier molecular flexibility index (Phi) is 38.1. The quantitative estimate of drug-likeness (QED) is 0.0103. The molecule has 0 radical (unpaired) electrons. The fraction of sp³-hybridized carbons (Fsp3) is 0.623. The summed E-state index contributed by atoms with van der Waals surface area (Å²) in [6, 6.07) is 8.44. The fourth-order valence-corrected chi connectivity index (χ4v) is 15.1. The number of carbonyl (C=O) groups excluding carboxylic acids is 10. The van der Waals surface area contributed by atoms with Crippen molar-refractivity contribution in [2.75, 3.05) is 100 Å². The number of hydrogen-bond acceptors (Lipinski definition) is 25. The van der Waals surface area contributed by atoms with E-state index >= 15 is 0 Å². The number of nitro groups is 1. The van der Waals surface area contributed by atoms with Gasteiger partial charge in [-0.3, -0.25) is 57.9 Å². The number of methoxy groups -OCH3 is 2. The number of aliphatic hydroxyl groups excluding tert-OH is 1. The molecule has 1 fully saturated rings. The van der Waals surface area contributed by atoms with E-state index in [1.54, 1.807) is 125 Å². The van der Waals surface area contributed by atoms with Crippen LogP contribution in [0.25, 0.3) is 0 Å². The van der Waals surface area contributed by atoms with Crippen LogP contribution in [-0.2, 0) is 90.9 Å². The Morgan fingerprint density at radius 3 is 2.04 bits per heavy atom. The minimum atomic E-state index is -4.93. The average Bonchev–Trinajstić information content (AvgIpc) is 1.46. The number of aliphatic hydroxyl groups is 1. The molecule has 13 atom stereocenters. The molecule has 11 amide bonds. The number of ether oxygens (including phenoxy) is 3. The number of sulfone groups is 1. The molecule has 1 aliphatic heterocycles. The van der Waals surface area contributed by atoms with Crippen molar-refractivity contribution >= 4 is 88.4 Å². The van der Waals surface area contributed by atoms with Gasteiger partial charge in [-0.1, -0.05) is 116 Å². The second-order valence-electron chi connectivity index (χ2n) is 31.6. The van der Waals surface area contributed by atoms with E-state index in [1.807, 2.05) is 19.9 Å². The van der Waals surface area contributed by atoms with Gasteiger partial charge < -0.3 is 90.1 Å². The number of amides is 11. The van der Waals surface area contributed by atoms with Crippen molar-refractivity contribution in [1.82, 2.24) is 66.2 Å². The van der Waals surface area contributed by atoms with Crippen molar-refractivity contribution < 1.29 is 104 Å². The second kappa shape index (κ2) is 45.5. The molecule has 0 bridgehead atoms. The Bertz CT molecular complexity index is 4230. The number of nitrogens with one attached hydrogen (secondary N) is 6. The van der Waals surface area contributed by atoms with Crippen LogP contribution >= 0.6 is 7.82 Å². The highest BCUT2D eigenvalue weighted by molar-refractivity contribution is 7.90. The molecule has 9 N–H and O–H groups in total. The third-order valence-electron chi connectivity index (χ3n) is 20.3. The zero-order chi connectivity index (χ0) is 88.4. The summed E-state index contributed by atoms with van der Waals surface area (Å²) in [5, 5.41) is 46.4. The first-order valence-corrected chi connectivity index (χ1v) is 42.4. The third-order valence-corrected chi connectivity index (χ3v) is 22.3. The van der Waals surface area contributed by atoms with E-state index in [-0.39, 0.29) is 74.7 Å². The highest BCUT2D eigenvalue weighted by Crippen LogP contribution is 2.38. The van der Waals surface area contributed by atoms with Crippen molar-refractivity contribution in [3.63, 3.8) is 0 Å². The molecule has 0 spiro atoms. The molecule has 4 aromatic rings. The lowest BCUT2D eigenvalue weighted by molar-refractivity contribution is -0.870. The Balaban J connectivity index is 1.22. The number of pyridine rings is 1. The Hall–Kier alpha value is -9.67. The Morgan fingerprint density at radius 2 is 1.47 bits per heavy atom. The second-order valence-corrected chi connectivity index (χ2v) is 35.0. The SMILES string of the molecule is CC[C@H](C)[C@@H]([C@@H](CC(=O)N1CCC[C@H]1[C@H](OC)[C@@H](C)C(=O)N[C@H](C)[C@@H](O)c1ccccc1)OC)N(C)C(=O)[C@@H](NC(=O)[C@H](C(C)C)N(C)C(=O)OCc1ccc(NC(=O)[C@H](CCCNC(N)=O)NC(=O)[C@@H](NC(=O)Cn2cc(CN(CCOP(=O)([O-])OCC[N+](C)(C)C)C(=O)c3cnc(S(C)(=O)=O)c([N+](=O)[O-])c3)nn2)C(C)C)cc1)C(C)C. The first-order chi connectivity index (χ1) is 55.2. The van der Waals surface area contributed by atoms with Gasteiger partial charge in [-0.05, 0) is 79.5 Å². The monoisotopic (exact) mass is 1700 g/mol. The minimum absolute atomic E-state index is 0.00725. The average molecular weight is 1700 g/mol. The first-order valence-electron chi connectivity index (χ1n) is 39.1. The molecule has 0 saturated carbocycles. The predicted octanol–water partition coefficient (Wildman–Crippen LogP) is 3.44. The number of urea groups is 1. The first kappa shape index (κ1) is 98.9. The lowest BCUT2D eigenvalue weighted by Gasteiger charge is -2.41. The van der Waals surface area contributed by atoms with Gasteiger partial charge in [0, 0.05) is 72.2 Å². The van der Waals surface area contributed by atoms with Crippen LogP contribution < -0.4 is 42.5 Å². The van der Waals surface area contributed by atoms with Gasteiger partial charge >= 0.3 is 17.8 Å². The number of primary amides is 1. The fourth-order valence-electron chi connectivity index (χ4n) is 13.6. The van der Waals surface area contributed by atoms with E-state index in [0.717, 1.165) is 20.7 Å². The van der Waals surface area contributed by atoms with Gasteiger partial charge in [-0.25, -0.2) is 27.7 Å². The number of likely N-dealkylation sites (N-methyl/N-ethyl adjacent to an activating group) is 3. The number of likely N-dealkylation sites (tertiary alicyclic amines) is 1. The Morgan fingerprint density at radius 1 is 0.822 bits per heavy atom. The molecular formula is C77H120N17O22PS. The van der Waals surface area contributed by atoms with Crippen molar-refractivity contribution in [2.45, 2.75) is 193 Å². The molecule has 3 heterocycles. The summed E-state index contributed by atoms with van der Waals surface area (Å²) in [6.45, 7) is 15.5. The number of carbonyl (C=O) groups is 10. The van der Waals surface area contributed by atoms with Gasteiger partial charge in [0.1, 0.15) is 56.2 Å². The van der Waals surface area contributed by atoms with Crippen LogP contribution in [0.1, 0.15) is 141 Å². The largest absolute Gasteiger partial charge is 0.756 e. The maximum absolute atomic E-state index is 14.9. The number of nitrogens with two attached hydrogens (primary N) is 1. The van der Waals surface area contributed by atoms with E-state index in [0.29, 0.717) is 53.7 Å². The highest BCUT2D eigenvalue weighted by atomic mass is 32.2.